The summed E-state index contributed by atoms with van der Waals surface area (Å²) < 4.78 is 2.29. The van der Waals surface area contributed by atoms with Gasteiger partial charge in [0.2, 0.25) is 5.91 Å². The van der Waals surface area contributed by atoms with Crippen molar-refractivity contribution in [2.75, 3.05) is 11.9 Å². The number of amides is 1. The average molecular weight is 524 g/mol. The van der Waals surface area contributed by atoms with Crippen LogP contribution in [0.1, 0.15) is 52.3 Å². The molecule has 4 aromatic rings. The Bertz CT molecular complexity index is 1460. The molecule has 5 rings (SSSR count). The lowest BCUT2D eigenvalue weighted by atomic mass is 9.96. The van der Waals surface area contributed by atoms with Gasteiger partial charge in [0.25, 0.3) is 0 Å². The number of nitrogens with zero attached hydrogens (tertiary/aromatic N) is 3. The quantitative estimate of drug-likeness (QED) is 0.286. The van der Waals surface area contributed by atoms with E-state index in [0.29, 0.717) is 18.1 Å². The molecule has 2 atom stereocenters. The molecule has 6 nitrogen and oxygen atoms in total. The first-order chi connectivity index (χ1) is 18.3. The van der Waals surface area contributed by atoms with E-state index in [4.69, 9.17) is 12.2 Å². The minimum Gasteiger partial charge on any atom is -0.352 e. The van der Waals surface area contributed by atoms with Gasteiger partial charge in [0.15, 0.2) is 5.11 Å². The summed E-state index contributed by atoms with van der Waals surface area (Å²) in [7, 11) is 0. The highest BCUT2D eigenvalue weighted by molar-refractivity contribution is 7.80. The summed E-state index contributed by atoms with van der Waals surface area (Å²) in [5.74, 6) is -0.0349. The van der Waals surface area contributed by atoms with Gasteiger partial charge >= 0.3 is 0 Å². The number of thiocarbonyl (C=S) groups is 1. The molecule has 2 aromatic carbocycles. The number of rotatable bonds is 7. The highest BCUT2D eigenvalue weighted by atomic mass is 32.1. The fourth-order valence-corrected chi connectivity index (χ4v) is 5.64. The lowest BCUT2D eigenvalue weighted by molar-refractivity contribution is -0.116. The van der Waals surface area contributed by atoms with Crippen molar-refractivity contribution in [1.29, 1.82) is 0 Å². The van der Waals surface area contributed by atoms with E-state index in [1.54, 1.807) is 0 Å². The molecule has 38 heavy (non-hydrogen) atoms. The molecule has 7 heteroatoms. The standard InChI is InChI=1S/C31H33N5OS/c1-20-12-14-24(15-13-20)36-22(3)19-25(23(36)4)30-29(27-11-7-8-17-32-27)34-31(38)35(30)18-16-28(37)33-26-10-6-5-9-21(26)2/h5-15,17,19,29-30H,16,18H2,1-4H3,(H,33,37)(H,34,38)/t29-,30-/m1/s1. The number of para-hydroxylation sites is 1. The van der Waals surface area contributed by atoms with Crippen LogP contribution in [0.4, 0.5) is 5.69 Å². The van der Waals surface area contributed by atoms with Crippen LogP contribution in [0.25, 0.3) is 5.69 Å². The third-order valence-corrected chi connectivity index (χ3v) is 7.63. The molecule has 2 N–H and O–H groups in total. The molecule has 3 heterocycles. The van der Waals surface area contributed by atoms with Gasteiger partial charge in [0.1, 0.15) is 0 Å². The number of aromatic nitrogens is 2. The summed E-state index contributed by atoms with van der Waals surface area (Å²) in [6.45, 7) is 8.87. The minimum atomic E-state index is -0.130. The van der Waals surface area contributed by atoms with Crippen LogP contribution in [0.2, 0.25) is 0 Å². The third-order valence-electron chi connectivity index (χ3n) is 7.28. The molecule has 1 fully saturated rings. The topological polar surface area (TPSA) is 62.2 Å². The maximum absolute atomic E-state index is 12.9. The SMILES string of the molecule is Cc1ccc(-n2c(C)cc([C@@H]3[C@@H](c4ccccn4)NC(=S)N3CCC(=O)Nc3ccccc3C)c2C)cc1. The molecule has 0 spiro atoms. The van der Waals surface area contributed by atoms with Crippen molar-refractivity contribution < 1.29 is 4.79 Å². The Morgan fingerprint density at radius 1 is 1.00 bits per heavy atom. The molecule has 194 valence electrons. The summed E-state index contributed by atoms with van der Waals surface area (Å²) in [6.07, 6.45) is 2.13. The maximum atomic E-state index is 12.9. The number of carbonyl (C=O) groups excluding carboxylic acids is 1. The molecule has 2 aromatic heterocycles. The second kappa shape index (κ2) is 10.8. The second-order valence-electron chi connectivity index (χ2n) is 9.93. The molecular formula is C31H33N5OS. The Hall–Kier alpha value is -3.97. The van der Waals surface area contributed by atoms with Gasteiger partial charge in [0, 0.05) is 41.9 Å². The summed E-state index contributed by atoms with van der Waals surface area (Å²) in [5, 5.41) is 7.19. The normalized spacial score (nSPS) is 16.9. The van der Waals surface area contributed by atoms with Crippen LogP contribution in [0.3, 0.4) is 0 Å². The number of benzene rings is 2. The van der Waals surface area contributed by atoms with E-state index in [2.05, 4.69) is 76.2 Å². The van der Waals surface area contributed by atoms with Gasteiger partial charge in [-0.1, -0.05) is 42.0 Å². The zero-order chi connectivity index (χ0) is 26.8. The van der Waals surface area contributed by atoms with Crippen LogP contribution in [-0.4, -0.2) is 32.0 Å². The van der Waals surface area contributed by atoms with Gasteiger partial charge in [-0.2, -0.15) is 0 Å². The molecule has 1 aliphatic rings. The van der Waals surface area contributed by atoms with Crippen LogP contribution >= 0.6 is 12.2 Å². The Morgan fingerprint density at radius 3 is 2.45 bits per heavy atom. The van der Waals surface area contributed by atoms with E-state index in [1.807, 2.05) is 55.6 Å². The summed E-state index contributed by atoms with van der Waals surface area (Å²) in [6, 6.07) is 24.3. The highest BCUT2D eigenvalue weighted by Crippen LogP contribution is 2.41. The minimum absolute atomic E-state index is 0.0349. The van der Waals surface area contributed by atoms with Crippen molar-refractivity contribution in [2.24, 2.45) is 0 Å². The van der Waals surface area contributed by atoms with Gasteiger partial charge in [-0.05, 0) is 87.4 Å². The first-order valence-electron chi connectivity index (χ1n) is 12.9. The number of nitrogens with one attached hydrogen (secondary N) is 2. The first-order valence-corrected chi connectivity index (χ1v) is 13.3. The number of carbonyl (C=O) groups is 1. The van der Waals surface area contributed by atoms with Crippen LogP contribution in [0, 0.1) is 27.7 Å². The van der Waals surface area contributed by atoms with Crippen LogP contribution < -0.4 is 10.6 Å². The van der Waals surface area contributed by atoms with Gasteiger partial charge in [-0.3, -0.25) is 9.78 Å². The van der Waals surface area contributed by atoms with Crippen molar-refractivity contribution in [3.8, 4) is 5.69 Å². The van der Waals surface area contributed by atoms with Crippen molar-refractivity contribution in [1.82, 2.24) is 19.8 Å². The van der Waals surface area contributed by atoms with Crippen LogP contribution in [0.15, 0.2) is 79.0 Å². The largest absolute Gasteiger partial charge is 0.352 e. The predicted octanol–water partition coefficient (Wildman–Crippen LogP) is 6.11. The van der Waals surface area contributed by atoms with Gasteiger partial charge < -0.3 is 20.1 Å². The van der Waals surface area contributed by atoms with E-state index < -0.39 is 0 Å². The highest BCUT2D eigenvalue weighted by Gasteiger charge is 2.41. The maximum Gasteiger partial charge on any atom is 0.226 e. The van der Waals surface area contributed by atoms with E-state index in [0.717, 1.165) is 34.0 Å². The number of hydrogen-bond donors (Lipinski definition) is 2. The second-order valence-corrected chi connectivity index (χ2v) is 10.3. The fourth-order valence-electron chi connectivity index (χ4n) is 5.31. The van der Waals surface area contributed by atoms with Gasteiger partial charge in [-0.15, -0.1) is 0 Å². The molecule has 0 radical (unpaired) electrons. The fraction of sp³-hybridized carbons (Fsp3) is 0.258. The molecule has 0 aliphatic carbocycles. The van der Waals surface area contributed by atoms with Crippen molar-refractivity contribution in [2.45, 2.75) is 46.2 Å². The number of pyridine rings is 1. The Kier molecular flexibility index (Phi) is 7.29. The van der Waals surface area contributed by atoms with E-state index in [9.17, 15) is 4.79 Å². The number of anilines is 1. The molecule has 0 unspecified atom stereocenters. The summed E-state index contributed by atoms with van der Waals surface area (Å²) >= 11 is 5.84. The van der Waals surface area contributed by atoms with Crippen LogP contribution in [0.5, 0.6) is 0 Å². The van der Waals surface area contributed by atoms with Crippen molar-refractivity contribution in [3.63, 3.8) is 0 Å². The Morgan fingerprint density at radius 2 is 1.74 bits per heavy atom. The first kappa shape index (κ1) is 25.7. The zero-order valence-electron chi connectivity index (χ0n) is 22.2. The zero-order valence-corrected chi connectivity index (χ0v) is 23.0. The third kappa shape index (κ3) is 5.07. The molecule has 1 saturated heterocycles. The molecule has 1 amide bonds. The van der Waals surface area contributed by atoms with E-state index in [-0.39, 0.29) is 18.0 Å². The van der Waals surface area contributed by atoms with Crippen molar-refractivity contribution in [3.05, 3.63) is 113 Å². The molecule has 0 bridgehead atoms. The van der Waals surface area contributed by atoms with Gasteiger partial charge in [-0.25, -0.2) is 0 Å². The Labute approximate surface area is 229 Å². The lowest BCUT2D eigenvalue weighted by Gasteiger charge is -2.28. The van der Waals surface area contributed by atoms with E-state index in [1.165, 1.54) is 11.1 Å². The molecule has 1 aliphatic heterocycles. The average Bonchev–Trinajstić information content (AvgIpc) is 3.39. The van der Waals surface area contributed by atoms with Crippen LogP contribution in [-0.2, 0) is 4.79 Å². The monoisotopic (exact) mass is 523 g/mol. The molecular weight excluding hydrogens is 490 g/mol. The molecule has 0 saturated carbocycles. The summed E-state index contributed by atoms with van der Waals surface area (Å²) in [4.78, 5) is 19.7. The number of hydrogen-bond acceptors (Lipinski definition) is 3. The predicted molar refractivity (Wildman–Crippen MR) is 157 cm³/mol. The van der Waals surface area contributed by atoms with Gasteiger partial charge in [0.05, 0.1) is 17.8 Å². The van der Waals surface area contributed by atoms with Crippen molar-refractivity contribution >= 4 is 28.9 Å². The number of aryl methyl sites for hydroxylation is 3. The summed E-state index contributed by atoms with van der Waals surface area (Å²) in [5.41, 5.74) is 8.63. The van der Waals surface area contributed by atoms with E-state index >= 15 is 0 Å². The lowest BCUT2D eigenvalue weighted by Crippen LogP contribution is -2.33. The smallest absolute Gasteiger partial charge is 0.226 e. The Balaban J connectivity index is 1.47.